The molecule has 5 saturated carbocycles. The molecule has 33 heavy (non-hydrogen) atoms. The third-order valence-electron chi connectivity index (χ3n) is 14.0. The largest absolute Gasteiger partial charge is 0.393 e. The fraction of sp³-hybridized carbons (Fsp3) is 0.967. The van der Waals surface area contributed by atoms with Gasteiger partial charge in [0.1, 0.15) is 5.78 Å². The van der Waals surface area contributed by atoms with E-state index in [-0.39, 0.29) is 44.5 Å². The monoisotopic (exact) mass is 458 g/mol. The van der Waals surface area contributed by atoms with Gasteiger partial charge in [-0.2, -0.15) is 0 Å². The zero-order valence-electron chi connectivity index (χ0n) is 22.6. The van der Waals surface area contributed by atoms with E-state index in [9.17, 15) is 15.0 Å². The average molecular weight is 459 g/mol. The van der Waals surface area contributed by atoms with Crippen LogP contribution in [-0.4, -0.2) is 28.2 Å². The number of aliphatic hydroxyl groups is 2. The van der Waals surface area contributed by atoms with Crippen LogP contribution in [0.15, 0.2) is 0 Å². The molecule has 5 aliphatic rings. The van der Waals surface area contributed by atoms with Crippen molar-refractivity contribution in [1.82, 2.24) is 0 Å². The summed E-state index contributed by atoms with van der Waals surface area (Å²) < 4.78 is 0. The van der Waals surface area contributed by atoms with Gasteiger partial charge >= 0.3 is 0 Å². The predicted octanol–water partition coefficient (Wildman–Crippen LogP) is 6.40. The normalized spacial score (nSPS) is 60.2. The molecule has 11 atom stereocenters. The molecule has 11 unspecified atom stereocenters. The van der Waals surface area contributed by atoms with Crippen molar-refractivity contribution < 1.29 is 15.0 Å². The molecule has 5 aliphatic carbocycles. The molecule has 0 aromatic rings. The number of carbonyl (C=O) groups is 1. The molecule has 0 radical (unpaired) electrons. The maximum absolute atomic E-state index is 12.8. The molecule has 0 aromatic carbocycles. The molecule has 3 heteroatoms. The lowest BCUT2D eigenvalue weighted by Crippen LogP contribution is -2.70. The minimum absolute atomic E-state index is 0.0317. The van der Waals surface area contributed by atoms with Crippen LogP contribution in [0.25, 0.3) is 0 Å². The summed E-state index contributed by atoms with van der Waals surface area (Å²) in [4.78, 5) is 12.8. The van der Waals surface area contributed by atoms with Crippen LogP contribution in [0.2, 0.25) is 0 Å². The van der Waals surface area contributed by atoms with Gasteiger partial charge in [0, 0.05) is 17.8 Å². The Morgan fingerprint density at radius 3 is 2.03 bits per heavy atom. The van der Waals surface area contributed by atoms with E-state index in [1.165, 1.54) is 25.7 Å². The number of carbonyl (C=O) groups excluding carboxylic acids is 1. The van der Waals surface area contributed by atoms with E-state index < -0.39 is 6.10 Å². The molecule has 3 nitrogen and oxygen atoms in total. The summed E-state index contributed by atoms with van der Waals surface area (Å²) in [7, 11) is 0. The highest BCUT2D eigenvalue weighted by molar-refractivity contribution is 5.82. The second-order valence-electron chi connectivity index (χ2n) is 15.4. The van der Waals surface area contributed by atoms with E-state index in [2.05, 4.69) is 55.4 Å². The molecular formula is C30H50O3. The lowest BCUT2D eigenvalue weighted by Gasteiger charge is -2.75. The van der Waals surface area contributed by atoms with Gasteiger partial charge in [0.05, 0.1) is 12.2 Å². The van der Waals surface area contributed by atoms with Gasteiger partial charge in [-0.3, -0.25) is 4.79 Å². The molecule has 0 heterocycles. The molecule has 0 spiro atoms. The van der Waals surface area contributed by atoms with E-state index in [0.29, 0.717) is 30.0 Å². The predicted molar refractivity (Wildman–Crippen MR) is 133 cm³/mol. The Kier molecular flexibility index (Phi) is 5.06. The zero-order chi connectivity index (χ0) is 24.4. The molecule has 188 valence electrons. The highest BCUT2D eigenvalue weighted by atomic mass is 16.3. The number of Topliss-reactive ketones (excluding diaryl/α,β-unsaturated/α-hetero) is 1. The zero-order valence-corrected chi connectivity index (χ0v) is 22.6. The molecule has 0 aliphatic heterocycles. The first kappa shape index (κ1) is 24.3. The summed E-state index contributed by atoms with van der Waals surface area (Å²) in [6.07, 6.45) is 8.79. The lowest BCUT2D eigenvalue weighted by molar-refractivity contribution is -0.280. The smallest absolute Gasteiger partial charge is 0.136 e. The van der Waals surface area contributed by atoms with Crippen molar-refractivity contribution in [1.29, 1.82) is 0 Å². The maximum atomic E-state index is 12.8. The Morgan fingerprint density at radius 1 is 0.758 bits per heavy atom. The quantitative estimate of drug-likeness (QED) is 0.442. The first-order valence-electron chi connectivity index (χ1n) is 14.0. The summed E-state index contributed by atoms with van der Waals surface area (Å²) >= 11 is 0. The SMILES string of the molecule is CC1C(=O)CCC2C3(C)CCC4(C)C5CC(C)(C)C(O)CC5(C)CCC4(C)C3CC(O)C12C. The highest BCUT2D eigenvalue weighted by Crippen LogP contribution is 2.78. The molecule has 5 rings (SSSR count). The summed E-state index contributed by atoms with van der Waals surface area (Å²) in [6, 6.07) is 0. The van der Waals surface area contributed by atoms with Crippen molar-refractivity contribution in [2.24, 2.45) is 56.2 Å². The Morgan fingerprint density at radius 2 is 1.36 bits per heavy atom. The standard InChI is InChI=1S/C30H50O3/c1-18-19(31)9-10-20-27(5)12-14-29(7)22-16-25(2,3)24(33)17-26(22,4)11-13-28(29,6)21(27)15-23(32)30(18,20)8/h18,20-24,32-33H,9-17H2,1-8H3. The van der Waals surface area contributed by atoms with Crippen LogP contribution < -0.4 is 0 Å². The molecule has 0 saturated heterocycles. The number of rotatable bonds is 0. The number of hydrogen-bond acceptors (Lipinski definition) is 3. The fourth-order valence-electron chi connectivity index (χ4n) is 11.2. The Bertz CT molecular complexity index is 849. The third-order valence-corrected chi connectivity index (χ3v) is 14.0. The molecule has 0 bridgehead atoms. The topological polar surface area (TPSA) is 57.5 Å². The van der Waals surface area contributed by atoms with Crippen LogP contribution in [0.5, 0.6) is 0 Å². The Hall–Kier alpha value is -0.410. The van der Waals surface area contributed by atoms with E-state index in [1.807, 2.05) is 0 Å². The van der Waals surface area contributed by atoms with E-state index >= 15 is 0 Å². The molecule has 5 fully saturated rings. The minimum Gasteiger partial charge on any atom is -0.393 e. The lowest BCUT2D eigenvalue weighted by atomic mass is 9.29. The van der Waals surface area contributed by atoms with Gasteiger partial charge in [-0.25, -0.2) is 0 Å². The number of ketones is 1. The number of aliphatic hydroxyl groups excluding tert-OH is 2. The molecule has 2 N–H and O–H groups in total. The van der Waals surface area contributed by atoms with Crippen molar-refractivity contribution in [2.45, 2.75) is 125 Å². The van der Waals surface area contributed by atoms with Crippen LogP contribution >= 0.6 is 0 Å². The maximum Gasteiger partial charge on any atom is 0.136 e. The van der Waals surface area contributed by atoms with Crippen molar-refractivity contribution >= 4 is 5.78 Å². The minimum atomic E-state index is -0.392. The van der Waals surface area contributed by atoms with Crippen molar-refractivity contribution in [3.63, 3.8) is 0 Å². The third kappa shape index (κ3) is 2.79. The van der Waals surface area contributed by atoms with Gasteiger partial charge in [0.15, 0.2) is 0 Å². The Balaban J connectivity index is 1.57. The van der Waals surface area contributed by atoms with Gasteiger partial charge in [-0.1, -0.05) is 55.4 Å². The Labute approximate surface area is 202 Å². The summed E-state index contributed by atoms with van der Waals surface area (Å²) in [5.74, 6) is 1.85. The summed E-state index contributed by atoms with van der Waals surface area (Å²) in [6.45, 7) is 19.1. The van der Waals surface area contributed by atoms with Crippen molar-refractivity contribution in [3.8, 4) is 0 Å². The average Bonchev–Trinajstić information content (AvgIpc) is 2.72. The van der Waals surface area contributed by atoms with Gasteiger partial charge in [-0.05, 0) is 96.2 Å². The number of hydrogen-bond donors (Lipinski definition) is 2. The van der Waals surface area contributed by atoms with Gasteiger partial charge < -0.3 is 10.2 Å². The van der Waals surface area contributed by atoms with E-state index in [1.54, 1.807) is 0 Å². The van der Waals surface area contributed by atoms with Crippen LogP contribution in [0.3, 0.4) is 0 Å². The summed E-state index contributed by atoms with van der Waals surface area (Å²) in [5.41, 5.74) is 0.501. The second kappa shape index (κ2) is 6.87. The molecule has 0 aromatic heterocycles. The highest BCUT2D eigenvalue weighted by Gasteiger charge is 2.72. The first-order valence-corrected chi connectivity index (χ1v) is 14.0. The molecule has 0 amide bonds. The van der Waals surface area contributed by atoms with Crippen LogP contribution in [0, 0.1) is 56.2 Å². The van der Waals surface area contributed by atoms with Crippen LogP contribution in [0.1, 0.15) is 113 Å². The second-order valence-corrected chi connectivity index (χ2v) is 15.4. The van der Waals surface area contributed by atoms with Crippen molar-refractivity contribution in [3.05, 3.63) is 0 Å². The number of fused-ring (bicyclic) bond motifs is 7. The van der Waals surface area contributed by atoms with Crippen LogP contribution in [0.4, 0.5) is 0 Å². The van der Waals surface area contributed by atoms with E-state index in [4.69, 9.17) is 0 Å². The summed E-state index contributed by atoms with van der Waals surface area (Å²) in [5, 5.41) is 22.7. The van der Waals surface area contributed by atoms with Gasteiger partial charge in [0.25, 0.3) is 0 Å². The first-order chi connectivity index (χ1) is 15.1. The van der Waals surface area contributed by atoms with Gasteiger partial charge in [0.2, 0.25) is 0 Å². The van der Waals surface area contributed by atoms with Crippen LogP contribution in [-0.2, 0) is 4.79 Å². The molecular weight excluding hydrogens is 408 g/mol. The van der Waals surface area contributed by atoms with E-state index in [0.717, 1.165) is 25.7 Å². The van der Waals surface area contributed by atoms with Crippen molar-refractivity contribution in [2.75, 3.05) is 0 Å². The fourth-order valence-corrected chi connectivity index (χ4v) is 11.2. The van der Waals surface area contributed by atoms with Gasteiger partial charge in [-0.15, -0.1) is 0 Å².